The van der Waals surface area contributed by atoms with Gasteiger partial charge in [0.2, 0.25) is 0 Å². The van der Waals surface area contributed by atoms with E-state index in [2.05, 4.69) is 27.1 Å². The van der Waals surface area contributed by atoms with Gasteiger partial charge in [-0.1, -0.05) is 6.92 Å². The lowest BCUT2D eigenvalue weighted by Crippen LogP contribution is -2.41. The molecule has 1 aromatic rings. The molecular weight excluding hydrogens is 240 g/mol. The summed E-state index contributed by atoms with van der Waals surface area (Å²) in [6.07, 6.45) is 4.71. The van der Waals surface area contributed by atoms with Gasteiger partial charge in [-0.3, -0.25) is 4.79 Å². The van der Waals surface area contributed by atoms with Crippen molar-refractivity contribution in [2.75, 3.05) is 18.5 Å². The van der Waals surface area contributed by atoms with E-state index in [-0.39, 0.29) is 5.56 Å². The van der Waals surface area contributed by atoms with Crippen LogP contribution in [0.25, 0.3) is 0 Å². The maximum absolute atomic E-state index is 11.5. The van der Waals surface area contributed by atoms with Crippen molar-refractivity contribution in [3.05, 3.63) is 22.2 Å². The van der Waals surface area contributed by atoms with E-state index in [1.54, 1.807) is 6.07 Å². The number of hydrogen-bond donors (Lipinski definition) is 2. The third-order valence-corrected chi connectivity index (χ3v) is 3.95. The summed E-state index contributed by atoms with van der Waals surface area (Å²) in [5.41, 5.74) is -0.0734. The molecule has 0 aliphatic heterocycles. The lowest BCUT2D eigenvalue weighted by atomic mass is 9.90. The minimum absolute atomic E-state index is 0.0734. The molecule has 5 heteroatoms. The number of H-pyrrole nitrogens is 1. The molecule has 0 radical (unpaired) electrons. The Morgan fingerprint density at radius 2 is 2.11 bits per heavy atom. The molecule has 5 nitrogen and oxygen atoms in total. The van der Waals surface area contributed by atoms with Crippen LogP contribution >= 0.6 is 0 Å². The number of hydrogen-bond acceptors (Lipinski definition) is 4. The van der Waals surface area contributed by atoms with E-state index >= 15 is 0 Å². The Kier molecular flexibility index (Phi) is 4.58. The van der Waals surface area contributed by atoms with Gasteiger partial charge in [-0.15, -0.1) is 0 Å². The van der Waals surface area contributed by atoms with Crippen molar-refractivity contribution < 1.29 is 0 Å². The van der Waals surface area contributed by atoms with Crippen LogP contribution in [-0.4, -0.2) is 35.6 Å². The Labute approximate surface area is 114 Å². The summed E-state index contributed by atoms with van der Waals surface area (Å²) in [5, 5.41) is 3.51. The molecule has 106 valence electrons. The topological polar surface area (TPSA) is 61.0 Å². The van der Waals surface area contributed by atoms with E-state index in [1.807, 2.05) is 14.0 Å². The maximum atomic E-state index is 11.5. The highest BCUT2D eigenvalue weighted by Crippen LogP contribution is 2.24. The molecule has 19 heavy (non-hydrogen) atoms. The van der Waals surface area contributed by atoms with E-state index in [4.69, 9.17) is 0 Å². The van der Waals surface area contributed by atoms with Crippen LogP contribution in [-0.2, 0) is 0 Å². The molecule has 0 atom stereocenters. The molecule has 0 bridgehead atoms. The van der Waals surface area contributed by atoms with Crippen LogP contribution in [0.15, 0.2) is 10.9 Å². The molecule has 0 amide bonds. The molecule has 1 saturated carbocycles. The second-order valence-electron chi connectivity index (χ2n) is 5.36. The molecule has 2 rings (SSSR count). The summed E-state index contributed by atoms with van der Waals surface area (Å²) in [6.45, 7) is 5.02. The number of aromatic amines is 1. The van der Waals surface area contributed by atoms with Crippen molar-refractivity contribution in [2.45, 2.75) is 51.6 Å². The molecule has 0 saturated heterocycles. The summed E-state index contributed by atoms with van der Waals surface area (Å²) in [4.78, 5) is 20.8. The summed E-state index contributed by atoms with van der Waals surface area (Å²) < 4.78 is 0. The monoisotopic (exact) mass is 264 g/mol. The minimum atomic E-state index is -0.0734. The van der Waals surface area contributed by atoms with Gasteiger partial charge in [0, 0.05) is 25.2 Å². The molecule has 1 heterocycles. The summed E-state index contributed by atoms with van der Waals surface area (Å²) in [5.74, 6) is 1.46. The van der Waals surface area contributed by atoms with Crippen molar-refractivity contribution in [1.82, 2.24) is 15.3 Å². The zero-order valence-electron chi connectivity index (χ0n) is 12.1. The van der Waals surface area contributed by atoms with Gasteiger partial charge >= 0.3 is 0 Å². The van der Waals surface area contributed by atoms with Crippen LogP contribution < -0.4 is 15.8 Å². The fraction of sp³-hybridized carbons (Fsp3) is 0.714. The normalized spacial score (nSPS) is 23.3. The quantitative estimate of drug-likeness (QED) is 0.864. The fourth-order valence-corrected chi connectivity index (χ4v) is 2.89. The Bertz CT molecular complexity index is 463. The number of aryl methyl sites for hydroxylation is 1. The maximum Gasteiger partial charge on any atom is 0.252 e. The predicted octanol–water partition coefficient (Wildman–Crippen LogP) is 1.44. The minimum Gasteiger partial charge on any atom is -0.356 e. The first kappa shape index (κ1) is 14.1. The van der Waals surface area contributed by atoms with Gasteiger partial charge in [0.1, 0.15) is 11.6 Å². The van der Waals surface area contributed by atoms with Crippen LogP contribution in [0.4, 0.5) is 5.82 Å². The number of aromatic nitrogens is 2. The van der Waals surface area contributed by atoms with Crippen molar-refractivity contribution >= 4 is 5.82 Å². The van der Waals surface area contributed by atoms with E-state index < -0.39 is 0 Å². The second kappa shape index (κ2) is 6.19. The first-order valence-corrected chi connectivity index (χ1v) is 7.14. The Morgan fingerprint density at radius 1 is 1.42 bits per heavy atom. The molecule has 1 aliphatic carbocycles. The SMILES string of the molecule is CCNC1CCC(N(C)c2cc(=O)[nH]c(C)n2)CC1. The van der Waals surface area contributed by atoms with E-state index in [1.165, 1.54) is 12.8 Å². The third-order valence-electron chi connectivity index (χ3n) is 3.95. The second-order valence-corrected chi connectivity index (χ2v) is 5.36. The van der Waals surface area contributed by atoms with Crippen molar-refractivity contribution in [2.24, 2.45) is 0 Å². The fourth-order valence-electron chi connectivity index (χ4n) is 2.89. The largest absolute Gasteiger partial charge is 0.356 e. The van der Waals surface area contributed by atoms with E-state index in [0.717, 1.165) is 25.2 Å². The first-order valence-electron chi connectivity index (χ1n) is 7.14. The zero-order valence-corrected chi connectivity index (χ0v) is 12.1. The summed E-state index contributed by atoms with van der Waals surface area (Å²) in [6, 6.07) is 2.73. The van der Waals surface area contributed by atoms with Crippen molar-refractivity contribution in [1.29, 1.82) is 0 Å². The van der Waals surface area contributed by atoms with E-state index in [0.29, 0.717) is 17.9 Å². The lowest BCUT2D eigenvalue weighted by molar-refractivity contribution is 0.340. The average Bonchev–Trinajstić information content (AvgIpc) is 2.38. The highest BCUT2D eigenvalue weighted by Gasteiger charge is 2.24. The predicted molar refractivity (Wildman–Crippen MR) is 77.7 cm³/mol. The number of anilines is 1. The Hall–Kier alpha value is -1.36. The summed E-state index contributed by atoms with van der Waals surface area (Å²) in [7, 11) is 2.04. The van der Waals surface area contributed by atoms with Gasteiger partial charge in [0.15, 0.2) is 0 Å². The number of nitrogens with zero attached hydrogens (tertiary/aromatic N) is 2. The molecule has 2 N–H and O–H groups in total. The highest BCUT2D eigenvalue weighted by molar-refractivity contribution is 5.37. The zero-order chi connectivity index (χ0) is 13.8. The van der Waals surface area contributed by atoms with Crippen LogP contribution in [0, 0.1) is 6.92 Å². The first-order chi connectivity index (χ1) is 9.10. The van der Waals surface area contributed by atoms with Crippen LogP contribution in [0.5, 0.6) is 0 Å². The Morgan fingerprint density at radius 3 is 2.68 bits per heavy atom. The van der Waals surface area contributed by atoms with Crippen LogP contribution in [0.1, 0.15) is 38.4 Å². The standard InChI is InChI=1S/C14H24N4O/c1-4-15-11-5-7-12(8-6-11)18(3)13-9-14(19)17-10(2)16-13/h9,11-12,15H,4-8H2,1-3H3,(H,16,17,19). The van der Waals surface area contributed by atoms with Gasteiger partial charge < -0.3 is 15.2 Å². The van der Waals surface area contributed by atoms with Crippen molar-refractivity contribution in [3.8, 4) is 0 Å². The van der Waals surface area contributed by atoms with Gasteiger partial charge in [-0.05, 0) is 39.2 Å². The molecule has 1 aromatic heterocycles. The van der Waals surface area contributed by atoms with Crippen LogP contribution in [0.3, 0.4) is 0 Å². The smallest absolute Gasteiger partial charge is 0.252 e. The highest BCUT2D eigenvalue weighted by atomic mass is 16.1. The molecule has 1 fully saturated rings. The van der Waals surface area contributed by atoms with Crippen molar-refractivity contribution in [3.63, 3.8) is 0 Å². The van der Waals surface area contributed by atoms with Crippen LogP contribution in [0.2, 0.25) is 0 Å². The lowest BCUT2D eigenvalue weighted by Gasteiger charge is -2.35. The average molecular weight is 264 g/mol. The van der Waals surface area contributed by atoms with Gasteiger partial charge in [0.25, 0.3) is 5.56 Å². The number of rotatable bonds is 4. The van der Waals surface area contributed by atoms with Gasteiger partial charge in [0.05, 0.1) is 0 Å². The molecule has 0 aromatic carbocycles. The molecule has 1 aliphatic rings. The molecule has 0 spiro atoms. The number of nitrogens with one attached hydrogen (secondary N) is 2. The summed E-state index contributed by atoms with van der Waals surface area (Å²) >= 11 is 0. The molecular formula is C14H24N4O. The van der Waals surface area contributed by atoms with Gasteiger partial charge in [-0.2, -0.15) is 0 Å². The third kappa shape index (κ3) is 3.56. The molecule has 0 unspecified atom stereocenters. The van der Waals surface area contributed by atoms with E-state index in [9.17, 15) is 4.79 Å². The van der Waals surface area contributed by atoms with Gasteiger partial charge in [-0.25, -0.2) is 4.98 Å². The Balaban J connectivity index is 2.00.